The molecule has 2 aromatic carbocycles. The van der Waals surface area contributed by atoms with Gasteiger partial charge in [-0.3, -0.25) is 4.79 Å². The van der Waals surface area contributed by atoms with Crippen LogP contribution in [-0.2, 0) is 16.6 Å². The number of thioether (sulfide) groups is 1. The molecule has 0 aliphatic rings. The molecule has 26 heavy (non-hydrogen) atoms. The van der Waals surface area contributed by atoms with Gasteiger partial charge >= 0.3 is 0 Å². The van der Waals surface area contributed by atoms with E-state index in [0.717, 1.165) is 14.8 Å². The lowest BCUT2D eigenvalue weighted by Crippen LogP contribution is -2.27. The van der Waals surface area contributed by atoms with Crippen molar-refractivity contribution in [3.05, 3.63) is 58.1 Å². The van der Waals surface area contributed by atoms with Gasteiger partial charge in [-0.1, -0.05) is 12.1 Å². The molecule has 0 spiro atoms. The zero-order valence-electron chi connectivity index (χ0n) is 15.1. The van der Waals surface area contributed by atoms with Crippen molar-refractivity contribution in [1.29, 1.82) is 0 Å². The molecule has 1 amide bonds. The van der Waals surface area contributed by atoms with Gasteiger partial charge in [0.2, 0.25) is 10.0 Å². The summed E-state index contributed by atoms with van der Waals surface area (Å²) in [5.74, 6) is -0.235. The van der Waals surface area contributed by atoms with Crippen molar-refractivity contribution < 1.29 is 13.2 Å². The summed E-state index contributed by atoms with van der Waals surface area (Å²) in [6.07, 6.45) is 2.01. The van der Waals surface area contributed by atoms with Crippen LogP contribution in [0.5, 0.6) is 0 Å². The third-order valence-electron chi connectivity index (χ3n) is 3.86. The highest BCUT2D eigenvalue weighted by Gasteiger charge is 2.23. The number of rotatable bonds is 6. The summed E-state index contributed by atoms with van der Waals surface area (Å²) in [5.41, 5.74) is 1.34. The molecular weight excluding hydrogens is 436 g/mol. The fourth-order valence-electron chi connectivity index (χ4n) is 2.33. The number of halogens is 1. The molecule has 0 N–H and O–H groups in total. The molecule has 0 aliphatic carbocycles. The largest absolute Gasteiger partial charge is 0.337 e. The Labute approximate surface area is 167 Å². The number of nitrogens with zero attached hydrogens (tertiary/aromatic N) is 2. The van der Waals surface area contributed by atoms with Crippen molar-refractivity contribution in [3.8, 4) is 0 Å². The Morgan fingerprint density at radius 1 is 1.08 bits per heavy atom. The minimum atomic E-state index is -3.64. The maximum atomic E-state index is 12.7. The number of benzene rings is 2. The van der Waals surface area contributed by atoms with E-state index in [1.54, 1.807) is 35.8 Å². The van der Waals surface area contributed by atoms with Crippen molar-refractivity contribution in [3.63, 3.8) is 0 Å². The van der Waals surface area contributed by atoms with Crippen molar-refractivity contribution in [1.82, 2.24) is 9.21 Å². The van der Waals surface area contributed by atoms with Gasteiger partial charge in [0.25, 0.3) is 5.91 Å². The Hall–Kier alpha value is -1.35. The van der Waals surface area contributed by atoms with E-state index in [9.17, 15) is 13.2 Å². The summed E-state index contributed by atoms with van der Waals surface area (Å²) in [6, 6.07) is 12.6. The predicted octanol–water partition coefficient (Wildman–Crippen LogP) is 3.69. The van der Waals surface area contributed by atoms with E-state index in [0.29, 0.717) is 16.6 Å². The predicted molar refractivity (Wildman–Crippen MR) is 109 cm³/mol. The Morgan fingerprint density at radius 3 is 2.23 bits per heavy atom. The number of sulfonamides is 1. The highest BCUT2D eigenvalue weighted by atomic mass is 79.9. The summed E-state index contributed by atoms with van der Waals surface area (Å²) in [7, 11) is 0.977. The molecule has 0 aromatic heterocycles. The Balaban J connectivity index is 2.25. The first kappa shape index (κ1) is 21.0. The van der Waals surface area contributed by atoms with E-state index in [1.807, 2.05) is 30.5 Å². The van der Waals surface area contributed by atoms with Crippen LogP contribution >= 0.6 is 27.7 Å². The van der Waals surface area contributed by atoms with E-state index in [-0.39, 0.29) is 10.8 Å². The molecule has 140 valence electrons. The lowest BCUT2D eigenvalue weighted by Gasteiger charge is -2.19. The molecule has 2 rings (SSSR count). The molecule has 0 aliphatic heterocycles. The summed E-state index contributed by atoms with van der Waals surface area (Å²) in [5, 5.41) is 0. The van der Waals surface area contributed by atoms with Crippen molar-refractivity contribution >= 4 is 43.6 Å². The second-order valence-electron chi connectivity index (χ2n) is 5.94. The van der Waals surface area contributed by atoms with Gasteiger partial charge in [-0.05, 0) is 58.1 Å². The second kappa shape index (κ2) is 8.56. The third kappa shape index (κ3) is 4.68. The van der Waals surface area contributed by atoms with Crippen LogP contribution in [0.1, 0.15) is 15.9 Å². The first-order valence-corrected chi connectivity index (χ1v) is 11.2. The zero-order valence-corrected chi connectivity index (χ0v) is 18.3. The minimum Gasteiger partial charge on any atom is -0.337 e. The standard InChI is InChI=1S/C18H21BrN2O3S2/c1-20(2)26(23,24)17-11-14(7-10-16(17)19)18(22)21(3)12-13-5-8-15(25-4)9-6-13/h5-11H,12H2,1-4H3. The number of hydrogen-bond acceptors (Lipinski definition) is 4. The zero-order chi connectivity index (χ0) is 19.5. The van der Waals surface area contributed by atoms with Crippen molar-refractivity contribution in [2.75, 3.05) is 27.4 Å². The van der Waals surface area contributed by atoms with Gasteiger partial charge in [-0.25, -0.2) is 12.7 Å². The van der Waals surface area contributed by atoms with E-state index in [2.05, 4.69) is 15.9 Å². The van der Waals surface area contributed by atoms with Crippen LogP contribution < -0.4 is 0 Å². The SMILES string of the molecule is CSc1ccc(CN(C)C(=O)c2ccc(Br)c(S(=O)(=O)N(C)C)c2)cc1. The quantitative estimate of drug-likeness (QED) is 0.621. The van der Waals surface area contributed by atoms with Gasteiger partial charge in [-0.15, -0.1) is 11.8 Å². The first-order valence-electron chi connectivity index (χ1n) is 7.77. The summed E-state index contributed by atoms with van der Waals surface area (Å²) >= 11 is 4.92. The van der Waals surface area contributed by atoms with Gasteiger partial charge in [0.05, 0.1) is 4.90 Å². The maximum absolute atomic E-state index is 12.7. The van der Waals surface area contributed by atoms with Crippen molar-refractivity contribution in [2.45, 2.75) is 16.3 Å². The van der Waals surface area contributed by atoms with Crippen LogP contribution in [0.4, 0.5) is 0 Å². The third-order valence-corrected chi connectivity index (χ3v) is 7.41. The van der Waals surface area contributed by atoms with Crippen LogP contribution in [0.3, 0.4) is 0 Å². The number of amides is 1. The molecule has 5 nitrogen and oxygen atoms in total. The molecule has 0 saturated carbocycles. The van der Waals surface area contributed by atoms with Gasteiger partial charge in [0.15, 0.2) is 0 Å². The topological polar surface area (TPSA) is 57.7 Å². The maximum Gasteiger partial charge on any atom is 0.253 e. The highest BCUT2D eigenvalue weighted by molar-refractivity contribution is 9.10. The number of carbonyl (C=O) groups is 1. The number of hydrogen-bond donors (Lipinski definition) is 0. The lowest BCUT2D eigenvalue weighted by atomic mass is 10.1. The fraction of sp³-hybridized carbons (Fsp3) is 0.278. The van der Waals surface area contributed by atoms with Gasteiger partial charge in [-0.2, -0.15) is 0 Å². The Kier molecular flexibility index (Phi) is 6.90. The molecule has 0 bridgehead atoms. The molecular formula is C18H21BrN2O3S2. The van der Waals surface area contributed by atoms with Gasteiger partial charge in [0, 0.05) is 42.6 Å². The Bertz CT molecular complexity index is 897. The molecule has 0 radical (unpaired) electrons. The van der Waals surface area contributed by atoms with Gasteiger partial charge < -0.3 is 4.90 Å². The summed E-state index contributed by atoms with van der Waals surface area (Å²) < 4.78 is 26.4. The molecule has 0 heterocycles. The van der Waals surface area contributed by atoms with E-state index >= 15 is 0 Å². The van der Waals surface area contributed by atoms with E-state index in [4.69, 9.17) is 0 Å². The Morgan fingerprint density at radius 2 is 1.69 bits per heavy atom. The minimum absolute atomic E-state index is 0.0751. The van der Waals surface area contributed by atoms with Crippen LogP contribution in [0, 0.1) is 0 Å². The molecule has 0 unspecified atom stereocenters. The van der Waals surface area contributed by atoms with E-state index in [1.165, 1.54) is 20.2 Å². The highest BCUT2D eigenvalue weighted by Crippen LogP contribution is 2.26. The van der Waals surface area contributed by atoms with Crippen LogP contribution in [0.2, 0.25) is 0 Å². The molecule has 0 atom stereocenters. The normalized spacial score (nSPS) is 11.6. The molecule has 0 saturated heterocycles. The molecule has 2 aromatic rings. The van der Waals surface area contributed by atoms with Crippen LogP contribution in [0.15, 0.2) is 56.7 Å². The average Bonchev–Trinajstić information content (AvgIpc) is 2.61. The van der Waals surface area contributed by atoms with Crippen LogP contribution in [-0.4, -0.2) is 50.9 Å². The summed E-state index contributed by atoms with van der Waals surface area (Å²) in [4.78, 5) is 15.5. The summed E-state index contributed by atoms with van der Waals surface area (Å²) in [6.45, 7) is 0.444. The second-order valence-corrected chi connectivity index (χ2v) is 9.80. The number of carbonyl (C=O) groups excluding carboxylic acids is 1. The lowest BCUT2D eigenvalue weighted by molar-refractivity contribution is 0.0785. The van der Waals surface area contributed by atoms with Crippen LogP contribution in [0.25, 0.3) is 0 Å². The fourth-order valence-corrected chi connectivity index (χ4v) is 4.58. The van der Waals surface area contributed by atoms with E-state index < -0.39 is 10.0 Å². The van der Waals surface area contributed by atoms with Crippen molar-refractivity contribution in [2.24, 2.45) is 0 Å². The van der Waals surface area contributed by atoms with Gasteiger partial charge in [0.1, 0.15) is 0 Å². The monoisotopic (exact) mass is 456 g/mol. The first-order chi connectivity index (χ1) is 12.2. The molecule has 8 heteroatoms. The average molecular weight is 457 g/mol. The molecule has 0 fully saturated rings. The smallest absolute Gasteiger partial charge is 0.253 e.